The zero-order chi connectivity index (χ0) is 22.8. The van der Waals surface area contributed by atoms with Crippen molar-refractivity contribution in [3.63, 3.8) is 0 Å². The van der Waals surface area contributed by atoms with Gasteiger partial charge >= 0.3 is 0 Å². The van der Waals surface area contributed by atoms with E-state index in [0.717, 1.165) is 11.3 Å². The molecule has 0 unspecified atom stereocenters. The van der Waals surface area contributed by atoms with Crippen LogP contribution in [0.4, 0.5) is 10.1 Å². The number of benzene rings is 2. The Bertz CT molecular complexity index is 1370. The third-order valence-electron chi connectivity index (χ3n) is 5.56. The largest absolute Gasteiger partial charge is 0.496 e. The van der Waals surface area contributed by atoms with Gasteiger partial charge in [-0.2, -0.15) is 9.61 Å². The van der Waals surface area contributed by atoms with E-state index in [9.17, 15) is 14.0 Å². The summed E-state index contributed by atoms with van der Waals surface area (Å²) in [6.07, 6.45) is 0.245. The van der Waals surface area contributed by atoms with Crippen LogP contribution in [0.2, 0.25) is 0 Å². The first kappa shape index (κ1) is 21.3. The second-order valence-corrected chi connectivity index (χ2v) is 7.46. The Morgan fingerprint density at radius 1 is 1.16 bits per heavy atom. The molecule has 0 spiro atoms. The van der Waals surface area contributed by atoms with Crippen LogP contribution in [0, 0.1) is 12.7 Å². The number of amides is 1. The van der Waals surface area contributed by atoms with Gasteiger partial charge < -0.3 is 14.6 Å². The van der Waals surface area contributed by atoms with Crippen LogP contribution >= 0.6 is 0 Å². The van der Waals surface area contributed by atoms with Gasteiger partial charge in [-0.05, 0) is 37.6 Å². The topological polar surface area (TPSA) is 77.6 Å². The summed E-state index contributed by atoms with van der Waals surface area (Å²) in [7, 11) is 3.43. The number of aryl methyl sites for hydroxylation is 1. The standard InChI is InChI=1S/C24H23FN4O3/c1-15-16(12-13-22(30)26-19-10-6-5-9-18(19)25)24(31)29-23(28(15)2)14-20(27-29)17-8-4-7-11-21(17)32-3/h4-11,14H,12-13H2,1-3H3,(H,26,30). The Morgan fingerprint density at radius 2 is 1.88 bits per heavy atom. The monoisotopic (exact) mass is 434 g/mol. The first-order valence-corrected chi connectivity index (χ1v) is 10.2. The number of rotatable bonds is 6. The van der Waals surface area contributed by atoms with Crippen molar-refractivity contribution in [2.45, 2.75) is 19.8 Å². The van der Waals surface area contributed by atoms with Crippen molar-refractivity contribution in [1.29, 1.82) is 0 Å². The Kier molecular flexibility index (Phi) is 5.77. The molecule has 8 heteroatoms. The normalized spacial score (nSPS) is 11.0. The number of methoxy groups -OCH3 is 1. The molecule has 2 aromatic heterocycles. The third-order valence-corrected chi connectivity index (χ3v) is 5.56. The molecule has 0 aliphatic rings. The lowest BCUT2D eigenvalue weighted by Crippen LogP contribution is -2.26. The number of anilines is 1. The second-order valence-electron chi connectivity index (χ2n) is 7.46. The Morgan fingerprint density at radius 3 is 2.62 bits per heavy atom. The number of carbonyl (C=O) groups excluding carboxylic acids is 1. The molecule has 0 atom stereocenters. The number of nitrogens with one attached hydrogen (secondary N) is 1. The van der Waals surface area contributed by atoms with Crippen LogP contribution in [0.3, 0.4) is 0 Å². The maximum absolute atomic E-state index is 13.8. The van der Waals surface area contributed by atoms with E-state index in [-0.39, 0.29) is 30.0 Å². The van der Waals surface area contributed by atoms with Crippen LogP contribution in [0.25, 0.3) is 16.9 Å². The van der Waals surface area contributed by atoms with Gasteiger partial charge in [-0.15, -0.1) is 0 Å². The van der Waals surface area contributed by atoms with Crippen molar-refractivity contribution in [3.05, 3.63) is 82.0 Å². The van der Waals surface area contributed by atoms with Gasteiger partial charge in [0.15, 0.2) is 0 Å². The number of hydrogen-bond donors (Lipinski definition) is 1. The fraction of sp³-hybridized carbons (Fsp3) is 0.208. The summed E-state index contributed by atoms with van der Waals surface area (Å²) < 4.78 is 22.4. The molecule has 0 radical (unpaired) electrons. The molecule has 0 aliphatic carbocycles. The fourth-order valence-corrected chi connectivity index (χ4v) is 3.71. The molecule has 164 valence electrons. The Labute approximate surface area is 184 Å². The minimum atomic E-state index is -0.505. The molecule has 0 saturated heterocycles. The molecule has 4 rings (SSSR count). The van der Waals surface area contributed by atoms with Crippen LogP contribution in [0.1, 0.15) is 17.7 Å². The number of carbonyl (C=O) groups is 1. The van der Waals surface area contributed by atoms with Gasteiger partial charge in [0.2, 0.25) is 5.91 Å². The predicted molar refractivity (Wildman–Crippen MR) is 121 cm³/mol. The van der Waals surface area contributed by atoms with Gasteiger partial charge in [-0.1, -0.05) is 24.3 Å². The lowest BCUT2D eigenvalue weighted by atomic mass is 10.1. The lowest BCUT2D eigenvalue weighted by molar-refractivity contribution is -0.116. The number of para-hydroxylation sites is 2. The number of hydrogen-bond acceptors (Lipinski definition) is 4. The van der Waals surface area contributed by atoms with E-state index in [1.807, 2.05) is 48.9 Å². The fourth-order valence-electron chi connectivity index (χ4n) is 3.71. The molecule has 2 heterocycles. The molecule has 7 nitrogen and oxygen atoms in total. The summed E-state index contributed by atoms with van der Waals surface area (Å²) in [5, 5.41) is 7.06. The van der Waals surface area contributed by atoms with Crippen molar-refractivity contribution in [1.82, 2.24) is 14.2 Å². The van der Waals surface area contributed by atoms with Crippen molar-refractivity contribution < 1.29 is 13.9 Å². The molecule has 32 heavy (non-hydrogen) atoms. The Hall–Kier alpha value is -3.94. The molecular weight excluding hydrogens is 411 g/mol. The third kappa shape index (κ3) is 3.87. The SMILES string of the molecule is COc1ccccc1-c1cc2n(C)c(C)c(CCC(=O)Nc3ccccc3F)c(=O)n2n1. The molecule has 0 fully saturated rings. The van der Waals surface area contributed by atoms with Gasteiger partial charge in [-0.3, -0.25) is 9.59 Å². The number of fused-ring (bicyclic) bond motifs is 1. The Balaban J connectivity index is 1.65. The van der Waals surface area contributed by atoms with E-state index in [4.69, 9.17) is 4.74 Å². The van der Waals surface area contributed by atoms with E-state index >= 15 is 0 Å². The van der Waals surface area contributed by atoms with Crippen LogP contribution in [0.15, 0.2) is 59.4 Å². The summed E-state index contributed by atoms with van der Waals surface area (Å²) in [5.74, 6) is -0.214. The predicted octanol–water partition coefficient (Wildman–Crippen LogP) is 3.73. The lowest BCUT2D eigenvalue weighted by Gasteiger charge is -2.12. The molecular formula is C24H23FN4O3. The highest BCUT2D eigenvalue weighted by atomic mass is 19.1. The first-order chi connectivity index (χ1) is 15.4. The second kappa shape index (κ2) is 8.66. The zero-order valence-corrected chi connectivity index (χ0v) is 18.1. The highest BCUT2D eigenvalue weighted by molar-refractivity contribution is 5.90. The quantitative estimate of drug-likeness (QED) is 0.502. The van der Waals surface area contributed by atoms with E-state index in [2.05, 4.69) is 10.4 Å². The molecule has 0 saturated carbocycles. The van der Waals surface area contributed by atoms with E-state index in [1.54, 1.807) is 19.2 Å². The molecule has 1 amide bonds. The maximum Gasteiger partial charge on any atom is 0.277 e. The first-order valence-electron chi connectivity index (χ1n) is 10.2. The van der Waals surface area contributed by atoms with E-state index in [1.165, 1.54) is 16.6 Å². The molecule has 2 aromatic carbocycles. The van der Waals surface area contributed by atoms with Crippen LogP contribution in [-0.2, 0) is 18.3 Å². The highest BCUT2D eigenvalue weighted by Crippen LogP contribution is 2.29. The van der Waals surface area contributed by atoms with Gasteiger partial charge in [-0.25, -0.2) is 4.39 Å². The molecule has 1 N–H and O–H groups in total. The minimum absolute atomic E-state index is 0.0382. The number of halogens is 1. The smallest absolute Gasteiger partial charge is 0.277 e. The van der Waals surface area contributed by atoms with Crippen LogP contribution < -0.4 is 15.6 Å². The maximum atomic E-state index is 13.8. The van der Waals surface area contributed by atoms with Gasteiger partial charge in [0.05, 0.1) is 18.5 Å². The molecule has 0 aliphatic heterocycles. The average Bonchev–Trinajstić information content (AvgIpc) is 3.25. The number of aromatic nitrogens is 3. The van der Waals surface area contributed by atoms with Crippen molar-refractivity contribution in [2.75, 3.05) is 12.4 Å². The summed E-state index contributed by atoms with van der Waals surface area (Å²) >= 11 is 0. The summed E-state index contributed by atoms with van der Waals surface area (Å²) in [4.78, 5) is 25.5. The average molecular weight is 434 g/mol. The molecule has 0 bridgehead atoms. The van der Waals surface area contributed by atoms with Gasteiger partial charge in [0.1, 0.15) is 17.2 Å². The minimum Gasteiger partial charge on any atom is -0.496 e. The van der Waals surface area contributed by atoms with Crippen molar-refractivity contribution in [3.8, 4) is 17.0 Å². The van der Waals surface area contributed by atoms with E-state index < -0.39 is 5.82 Å². The summed E-state index contributed by atoms with van der Waals surface area (Å²) in [6.45, 7) is 1.83. The van der Waals surface area contributed by atoms with Gasteiger partial charge in [0.25, 0.3) is 5.56 Å². The number of ether oxygens (including phenoxy) is 1. The zero-order valence-electron chi connectivity index (χ0n) is 18.1. The van der Waals surface area contributed by atoms with Crippen molar-refractivity contribution in [2.24, 2.45) is 7.05 Å². The highest BCUT2D eigenvalue weighted by Gasteiger charge is 2.18. The van der Waals surface area contributed by atoms with Gasteiger partial charge in [0, 0.05) is 36.4 Å². The molecule has 4 aromatic rings. The van der Waals surface area contributed by atoms with Crippen LogP contribution in [-0.4, -0.2) is 27.2 Å². The van der Waals surface area contributed by atoms with Crippen molar-refractivity contribution >= 4 is 17.2 Å². The van der Waals surface area contributed by atoms with E-state index in [0.29, 0.717) is 22.7 Å². The number of nitrogens with zero attached hydrogens (tertiary/aromatic N) is 3. The summed E-state index contributed by atoms with van der Waals surface area (Å²) in [5.41, 5.74) is 3.09. The van der Waals surface area contributed by atoms with Crippen LogP contribution in [0.5, 0.6) is 5.75 Å². The summed E-state index contributed by atoms with van der Waals surface area (Å²) in [6, 6.07) is 15.3.